The van der Waals surface area contributed by atoms with E-state index in [1.54, 1.807) is 0 Å². The van der Waals surface area contributed by atoms with Gasteiger partial charge in [-0.2, -0.15) is 4.68 Å². The zero-order chi connectivity index (χ0) is 15.6. The molecule has 9 heteroatoms. The number of nitro groups is 1. The highest BCUT2D eigenvalue weighted by Crippen LogP contribution is 2.22. The van der Waals surface area contributed by atoms with Crippen molar-refractivity contribution in [1.82, 2.24) is 9.78 Å². The molecular formula is C12H9ClFN3O4. The number of halogens is 2. The van der Waals surface area contributed by atoms with Gasteiger partial charge in [0.2, 0.25) is 0 Å². The molecule has 0 N–H and O–H groups in total. The van der Waals surface area contributed by atoms with Gasteiger partial charge < -0.3 is 14.9 Å². The molecule has 0 saturated carbocycles. The number of aromatic nitrogens is 2. The summed E-state index contributed by atoms with van der Waals surface area (Å²) in [4.78, 5) is 21.8. The zero-order valence-corrected chi connectivity index (χ0v) is 11.5. The van der Waals surface area contributed by atoms with E-state index < -0.39 is 22.3 Å². The lowest BCUT2D eigenvalue weighted by atomic mass is 10.1. The van der Waals surface area contributed by atoms with Gasteiger partial charge in [-0.15, -0.1) is 0 Å². The molecule has 1 aromatic carbocycles. The minimum atomic E-state index is -0.754. The van der Waals surface area contributed by atoms with Crippen molar-refractivity contribution in [2.24, 2.45) is 0 Å². The molecule has 110 valence electrons. The molecule has 0 spiro atoms. The number of hydrogen-bond acceptors (Lipinski definition) is 5. The highest BCUT2D eigenvalue weighted by atomic mass is 35.5. The summed E-state index contributed by atoms with van der Waals surface area (Å²) in [5.41, 5.74) is 0.0996. The molecule has 0 amide bonds. The van der Waals surface area contributed by atoms with Crippen LogP contribution in [0.2, 0.25) is 5.02 Å². The zero-order valence-electron chi connectivity index (χ0n) is 10.7. The Hall–Kier alpha value is -2.48. The van der Waals surface area contributed by atoms with Gasteiger partial charge in [0.05, 0.1) is 18.4 Å². The van der Waals surface area contributed by atoms with Crippen LogP contribution in [-0.4, -0.2) is 27.6 Å². The Balaban J connectivity index is 2.20. The second kappa shape index (κ2) is 5.88. The summed E-state index contributed by atoms with van der Waals surface area (Å²) in [6.45, 7) is -0.292. The van der Waals surface area contributed by atoms with E-state index in [0.29, 0.717) is 0 Å². The van der Waals surface area contributed by atoms with Crippen molar-refractivity contribution in [3.63, 3.8) is 0 Å². The minimum absolute atomic E-state index is 0.0179. The molecule has 0 radical (unpaired) electrons. The summed E-state index contributed by atoms with van der Waals surface area (Å²) in [7, 11) is 1.31. The quantitative estimate of drug-likeness (QED) is 0.481. The third-order valence-corrected chi connectivity index (χ3v) is 2.92. The van der Waals surface area contributed by atoms with Crippen molar-refractivity contribution >= 4 is 23.2 Å². The maximum atomic E-state index is 13.5. The van der Waals surface area contributed by atoms with Crippen LogP contribution >= 0.6 is 11.6 Å². The molecule has 0 saturated heterocycles. The van der Waals surface area contributed by atoms with Gasteiger partial charge in [-0.05, 0) is 23.1 Å². The number of benzene rings is 1. The first-order valence-corrected chi connectivity index (χ1v) is 6.04. The smallest absolute Gasteiger partial charge is 0.408 e. The number of nitrogens with zero attached hydrogens (tertiary/aromatic N) is 3. The number of rotatable bonds is 5. The number of carbonyl (C=O) groups excluding carboxylic acids is 1. The molecule has 21 heavy (non-hydrogen) atoms. The Labute approximate surface area is 123 Å². The molecule has 1 aromatic heterocycles. The number of Topliss-reactive ketones (excluding diaryl/α,β-unsaturated/α-hetero) is 1. The first kappa shape index (κ1) is 14.9. The third-order valence-electron chi connectivity index (χ3n) is 2.65. The topological polar surface area (TPSA) is 87.3 Å². The van der Waals surface area contributed by atoms with E-state index >= 15 is 0 Å². The number of ketones is 1. The lowest BCUT2D eigenvalue weighted by Crippen LogP contribution is -2.11. The van der Waals surface area contributed by atoms with Crippen molar-refractivity contribution in [1.29, 1.82) is 0 Å². The number of ether oxygens (including phenoxy) is 1. The van der Waals surface area contributed by atoms with Crippen LogP contribution in [0.25, 0.3) is 0 Å². The maximum absolute atomic E-state index is 13.5. The van der Waals surface area contributed by atoms with Gasteiger partial charge in [0.25, 0.3) is 0 Å². The predicted molar refractivity (Wildman–Crippen MR) is 71.2 cm³/mol. The van der Waals surface area contributed by atoms with Crippen LogP contribution in [0.15, 0.2) is 24.4 Å². The van der Waals surface area contributed by atoms with Crippen molar-refractivity contribution in [2.75, 3.05) is 7.11 Å². The van der Waals surface area contributed by atoms with Gasteiger partial charge in [0, 0.05) is 5.56 Å². The molecule has 0 atom stereocenters. The summed E-state index contributed by atoms with van der Waals surface area (Å²) >= 11 is 5.62. The molecule has 1 heterocycles. The van der Waals surface area contributed by atoms with Crippen molar-refractivity contribution in [2.45, 2.75) is 6.54 Å². The second-order valence-electron chi connectivity index (χ2n) is 4.03. The van der Waals surface area contributed by atoms with Gasteiger partial charge >= 0.3 is 5.82 Å². The normalized spacial score (nSPS) is 10.4. The summed E-state index contributed by atoms with van der Waals surface area (Å²) in [5, 5.41) is 14.0. The summed E-state index contributed by atoms with van der Waals surface area (Å²) in [6, 6.07) is 3.74. The van der Waals surface area contributed by atoms with Crippen molar-refractivity contribution < 1.29 is 18.8 Å². The van der Waals surface area contributed by atoms with E-state index in [1.165, 1.54) is 19.2 Å². The molecule has 2 rings (SSSR count). The van der Waals surface area contributed by atoms with Gasteiger partial charge in [-0.25, -0.2) is 4.39 Å². The lowest BCUT2D eigenvalue weighted by molar-refractivity contribution is -0.389. The van der Waals surface area contributed by atoms with Crippen molar-refractivity contribution in [3.8, 4) is 5.75 Å². The molecule has 2 aromatic rings. The van der Waals surface area contributed by atoms with Crippen LogP contribution in [0.4, 0.5) is 10.2 Å². The third kappa shape index (κ3) is 3.16. The number of methoxy groups -OCH3 is 1. The second-order valence-corrected chi connectivity index (χ2v) is 4.44. The number of carbonyl (C=O) groups is 1. The van der Waals surface area contributed by atoms with E-state index in [-0.39, 0.29) is 22.9 Å². The van der Waals surface area contributed by atoms with E-state index in [9.17, 15) is 19.3 Å². The molecule has 0 aliphatic heterocycles. The molecule has 0 fully saturated rings. The predicted octanol–water partition coefficient (Wildman–Crippen LogP) is 2.48. The van der Waals surface area contributed by atoms with Gasteiger partial charge in [-0.1, -0.05) is 11.6 Å². The molecule has 7 nitrogen and oxygen atoms in total. The summed E-state index contributed by atoms with van der Waals surface area (Å²) < 4.78 is 19.3. The largest absolute Gasteiger partial charge is 0.494 e. The van der Waals surface area contributed by atoms with Crippen LogP contribution in [0.1, 0.15) is 10.4 Å². The lowest BCUT2D eigenvalue weighted by Gasteiger charge is -2.03. The SMILES string of the molecule is COc1ccc(C(=O)Cn2cc(Cl)c([N+](=O)[O-])n2)cc1F. The Kier molecular flexibility index (Phi) is 4.18. The molecule has 0 aliphatic carbocycles. The average molecular weight is 314 g/mol. The first-order valence-electron chi connectivity index (χ1n) is 5.66. The van der Waals surface area contributed by atoms with Crippen LogP contribution in [0, 0.1) is 15.9 Å². The van der Waals surface area contributed by atoms with Crippen molar-refractivity contribution in [3.05, 3.63) is 50.9 Å². The standard InChI is InChI=1S/C12H9ClFN3O4/c1-21-11-3-2-7(4-9(11)14)10(18)6-16-5-8(13)12(15-16)17(19)20/h2-5H,6H2,1H3. The van der Waals surface area contributed by atoms with E-state index in [2.05, 4.69) is 5.10 Å². The van der Waals surface area contributed by atoms with Crippen LogP contribution < -0.4 is 4.74 Å². The monoisotopic (exact) mass is 313 g/mol. The Bertz CT molecular complexity index is 717. The fraction of sp³-hybridized carbons (Fsp3) is 0.167. The average Bonchev–Trinajstić information content (AvgIpc) is 2.79. The van der Waals surface area contributed by atoms with Gasteiger partial charge in [0.15, 0.2) is 22.4 Å². The molecule has 0 unspecified atom stereocenters. The molecular weight excluding hydrogens is 305 g/mol. The molecule has 0 aliphatic rings. The van der Waals surface area contributed by atoms with Crippen LogP contribution in [-0.2, 0) is 6.54 Å². The van der Waals surface area contributed by atoms with Crippen LogP contribution in [0.3, 0.4) is 0 Å². The van der Waals surface area contributed by atoms with Crippen LogP contribution in [0.5, 0.6) is 5.75 Å². The Morgan fingerprint density at radius 3 is 2.81 bits per heavy atom. The van der Waals surface area contributed by atoms with E-state index in [1.807, 2.05) is 0 Å². The first-order chi connectivity index (χ1) is 9.92. The summed E-state index contributed by atoms with van der Waals surface area (Å²) in [6.07, 6.45) is 1.16. The highest BCUT2D eigenvalue weighted by molar-refractivity contribution is 6.32. The fourth-order valence-corrected chi connectivity index (χ4v) is 1.89. The van der Waals surface area contributed by atoms with Gasteiger partial charge in [-0.3, -0.25) is 4.79 Å². The van der Waals surface area contributed by atoms with Gasteiger partial charge in [0.1, 0.15) is 6.54 Å². The Morgan fingerprint density at radius 2 is 2.29 bits per heavy atom. The van der Waals surface area contributed by atoms with E-state index in [4.69, 9.17) is 16.3 Å². The minimum Gasteiger partial charge on any atom is -0.494 e. The fourth-order valence-electron chi connectivity index (χ4n) is 1.67. The highest BCUT2D eigenvalue weighted by Gasteiger charge is 2.21. The summed E-state index contributed by atoms with van der Waals surface area (Å²) in [5.74, 6) is -1.66. The maximum Gasteiger partial charge on any atom is 0.408 e. The molecule has 0 bridgehead atoms. The Morgan fingerprint density at radius 1 is 1.57 bits per heavy atom. The van der Waals surface area contributed by atoms with E-state index in [0.717, 1.165) is 16.9 Å². The number of hydrogen-bond donors (Lipinski definition) is 0.